The number of halogens is 4. The molecule has 3 aromatic carbocycles. The third-order valence-electron chi connectivity index (χ3n) is 4.02. The second kappa shape index (κ2) is 10.6. The fraction of sp³-hybridized carbons (Fsp3) is 0.0909. The minimum atomic E-state index is -0.341. The van der Waals surface area contributed by atoms with Crippen molar-refractivity contribution in [2.75, 3.05) is 0 Å². The molecule has 4 nitrogen and oxygen atoms in total. The summed E-state index contributed by atoms with van der Waals surface area (Å²) < 4.78 is 19.4. The van der Waals surface area contributed by atoms with Gasteiger partial charge in [0.25, 0.3) is 0 Å². The van der Waals surface area contributed by atoms with Crippen LogP contribution in [0.3, 0.4) is 0 Å². The Morgan fingerprint density at radius 2 is 1.77 bits per heavy atom. The molecule has 3 aromatic rings. The Morgan fingerprint density at radius 3 is 2.47 bits per heavy atom. The van der Waals surface area contributed by atoms with E-state index in [1.807, 2.05) is 18.2 Å². The molecule has 0 atom stereocenters. The first-order valence-electron chi connectivity index (χ1n) is 8.83. The van der Waals surface area contributed by atoms with Gasteiger partial charge in [-0.05, 0) is 75.1 Å². The predicted molar refractivity (Wildman–Crippen MR) is 121 cm³/mol. The lowest BCUT2D eigenvalue weighted by Gasteiger charge is -2.09. The highest BCUT2D eigenvalue weighted by Gasteiger charge is 2.05. The predicted octanol–water partition coefficient (Wildman–Crippen LogP) is 6.17. The molecule has 1 amide bonds. The van der Waals surface area contributed by atoms with Gasteiger partial charge in [0.1, 0.15) is 18.2 Å². The van der Waals surface area contributed by atoms with Crippen molar-refractivity contribution in [2.45, 2.75) is 13.0 Å². The van der Waals surface area contributed by atoms with Gasteiger partial charge in [-0.2, -0.15) is 5.10 Å². The van der Waals surface area contributed by atoms with E-state index in [4.69, 9.17) is 27.9 Å². The lowest BCUT2D eigenvalue weighted by Crippen LogP contribution is -2.19. The molecule has 0 fully saturated rings. The van der Waals surface area contributed by atoms with Crippen LogP contribution in [0.15, 0.2) is 70.2 Å². The third-order valence-corrected chi connectivity index (χ3v) is 5.37. The zero-order valence-electron chi connectivity index (χ0n) is 15.5. The van der Waals surface area contributed by atoms with Crippen LogP contribution in [-0.2, 0) is 17.8 Å². The van der Waals surface area contributed by atoms with E-state index in [-0.39, 0.29) is 18.1 Å². The van der Waals surface area contributed by atoms with Crippen LogP contribution in [0.4, 0.5) is 4.39 Å². The van der Waals surface area contributed by atoms with Gasteiger partial charge < -0.3 is 4.74 Å². The van der Waals surface area contributed by atoms with Crippen molar-refractivity contribution >= 4 is 51.3 Å². The Morgan fingerprint density at radius 1 is 1.03 bits per heavy atom. The van der Waals surface area contributed by atoms with Crippen molar-refractivity contribution in [1.82, 2.24) is 5.43 Å². The maximum atomic E-state index is 12.9. The summed E-state index contributed by atoms with van der Waals surface area (Å²) in [6.07, 6.45) is 1.64. The van der Waals surface area contributed by atoms with E-state index in [0.717, 1.165) is 15.6 Å². The smallest absolute Gasteiger partial charge is 0.244 e. The number of hydrogen-bond donors (Lipinski definition) is 1. The molecule has 8 heteroatoms. The molecule has 0 saturated carbocycles. The first kappa shape index (κ1) is 22.3. The van der Waals surface area contributed by atoms with Gasteiger partial charge in [0.05, 0.1) is 27.2 Å². The van der Waals surface area contributed by atoms with Crippen LogP contribution >= 0.6 is 39.1 Å². The second-order valence-electron chi connectivity index (χ2n) is 6.32. The summed E-state index contributed by atoms with van der Waals surface area (Å²) in [5.74, 6) is 0.0178. The molecule has 30 heavy (non-hydrogen) atoms. The molecule has 0 radical (unpaired) electrons. The molecule has 0 saturated heterocycles. The first-order valence-corrected chi connectivity index (χ1v) is 10.4. The highest BCUT2D eigenvalue weighted by molar-refractivity contribution is 9.10. The number of carbonyl (C=O) groups excluding carboxylic acids is 1. The zero-order chi connectivity index (χ0) is 21.5. The summed E-state index contributed by atoms with van der Waals surface area (Å²) in [4.78, 5) is 11.9. The van der Waals surface area contributed by atoms with E-state index in [1.54, 1.807) is 30.3 Å². The highest BCUT2D eigenvalue weighted by atomic mass is 79.9. The van der Waals surface area contributed by atoms with Crippen molar-refractivity contribution in [3.63, 3.8) is 0 Å². The Hall–Kier alpha value is -2.41. The molecule has 0 aromatic heterocycles. The van der Waals surface area contributed by atoms with Crippen LogP contribution in [0.2, 0.25) is 10.0 Å². The van der Waals surface area contributed by atoms with Crippen LogP contribution in [0.5, 0.6) is 5.75 Å². The fourth-order valence-electron chi connectivity index (χ4n) is 2.51. The molecule has 0 aliphatic rings. The molecule has 0 heterocycles. The summed E-state index contributed by atoms with van der Waals surface area (Å²) in [7, 11) is 0. The standard InChI is InChI=1S/C22H16BrCl2FN2O2/c23-18-9-15(12-27-28-22(29)11-14-1-5-17(26)6-2-14)4-8-21(18)30-13-16-3-7-19(24)20(25)10-16/h1-10,12H,11,13H2,(H,28,29)/b27-12+. The SMILES string of the molecule is O=C(Cc1ccc(F)cc1)N/N=C/c1ccc(OCc2ccc(Cl)c(Cl)c2)c(Br)c1. The minimum absolute atomic E-state index is 0.114. The molecular weight excluding hydrogens is 494 g/mol. The van der Waals surface area contributed by atoms with Crippen molar-refractivity contribution in [1.29, 1.82) is 0 Å². The number of hydrogen-bond acceptors (Lipinski definition) is 3. The molecule has 0 spiro atoms. The van der Waals surface area contributed by atoms with Gasteiger partial charge in [0.2, 0.25) is 5.91 Å². The van der Waals surface area contributed by atoms with Gasteiger partial charge >= 0.3 is 0 Å². The van der Waals surface area contributed by atoms with Crippen molar-refractivity contribution < 1.29 is 13.9 Å². The maximum absolute atomic E-state index is 12.9. The van der Waals surface area contributed by atoms with Crippen LogP contribution in [0.1, 0.15) is 16.7 Å². The fourth-order valence-corrected chi connectivity index (χ4v) is 3.34. The van der Waals surface area contributed by atoms with E-state index in [9.17, 15) is 9.18 Å². The quantitative estimate of drug-likeness (QED) is 0.306. The summed E-state index contributed by atoms with van der Waals surface area (Å²) in [6, 6.07) is 16.5. The summed E-state index contributed by atoms with van der Waals surface area (Å²) in [5.41, 5.74) is 4.82. The van der Waals surface area contributed by atoms with Crippen LogP contribution in [-0.4, -0.2) is 12.1 Å². The molecule has 0 unspecified atom stereocenters. The lowest BCUT2D eigenvalue weighted by atomic mass is 10.1. The zero-order valence-corrected chi connectivity index (χ0v) is 18.6. The molecule has 0 aliphatic heterocycles. The number of nitrogens with one attached hydrogen (secondary N) is 1. The van der Waals surface area contributed by atoms with E-state index >= 15 is 0 Å². The number of benzene rings is 3. The largest absolute Gasteiger partial charge is 0.488 e. The number of ether oxygens (including phenoxy) is 1. The lowest BCUT2D eigenvalue weighted by molar-refractivity contribution is -0.120. The van der Waals surface area contributed by atoms with E-state index in [0.29, 0.717) is 28.0 Å². The van der Waals surface area contributed by atoms with Crippen molar-refractivity contribution in [2.24, 2.45) is 5.10 Å². The average Bonchev–Trinajstić information content (AvgIpc) is 2.71. The Kier molecular flexibility index (Phi) is 7.85. The topological polar surface area (TPSA) is 50.7 Å². The van der Waals surface area contributed by atoms with Crippen molar-refractivity contribution in [3.8, 4) is 5.75 Å². The van der Waals surface area contributed by atoms with Gasteiger partial charge in [-0.15, -0.1) is 0 Å². The van der Waals surface area contributed by atoms with Gasteiger partial charge in [-0.25, -0.2) is 9.82 Å². The Bertz CT molecular complexity index is 1080. The van der Waals surface area contributed by atoms with Gasteiger partial charge in [-0.3, -0.25) is 4.79 Å². The summed E-state index contributed by atoms with van der Waals surface area (Å²) >= 11 is 15.4. The van der Waals surface area contributed by atoms with Crippen molar-refractivity contribution in [3.05, 3.63) is 97.7 Å². The van der Waals surface area contributed by atoms with Crippen LogP contribution in [0.25, 0.3) is 0 Å². The number of nitrogens with zero attached hydrogens (tertiary/aromatic N) is 1. The van der Waals surface area contributed by atoms with Gasteiger partial charge in [0, 0.05) is 0 Å². The first-order chi connectivity index (χ1) is 14.4. The molecule has 0 bridgehead atoms. The molecular formula is C22H16BrCl2FN2O2. The number of hydrazone groups is 1. The van der Waals surface area contributed by atoms with E-state index in [1.165, 1.54) is 18.3 Å². The highest BCUT2D eigenvalue weighted by Crippen LogP contribution is 2.28. The molecule has 1 N–H and O–H groups in total. The third kappa shape index (κ3) is 6.55. The number of rotatable bonds is 7. The maximum Gasteiger partial charge on any atom is 0.244 e. The average molecular weight is 510 g/mol. The van der Waals surface area contributed by atoms with Crippen LogP contribution in [0, 0.1) is 5.82 Å². The Labute approximate surface area is 191 Å². The molecule has 0 aliphatic carbocycles. The van der Waals surface area contributed by atoms with Gasteiger partial charge in [-0.1, -0.05) is 41.4 Å². The number of carbonyl (C=O) groups is 1. The summed E-state index contributed by atoms with van der Waals surface area (Å²) in [5, 5.41) is 4.92. The van der Waals surface area contributed by atoms with E-state index in [2.05, 4.69) is 26.5 Å². The summed E-state index contributed by atoms with van der Waals surface area (Å²) in [6.45, 7) is 0.336. The number of amides is 1. The molecule has 154 valence electrons. The normalized spacial score (nSPS) is 10.9. The monoisotopic (exact) mass is 508 g/mol. The van der Waals surface area contributed by atoms with E-state index < -0.39 is 0 Å². The Balaban J connectivity index is 1.53. The van der Waals surface area contributed by atoms with Gasteiger partial charge in [0.15, 0.2) is 0 Å². The minimum Gasteiger partial charge on any atom is -0.488 e. The van der Waals surface area contributed by atoms with Crippen LogP contribution < -0.4 is 10.2 Å². The molecule has 3 rings (SSSR count). The second-order valence-corrected chi connectivity index (χ2v) is 7.99.